The Morgan fingerprint density at radius 3 is 2.52 bits per heavy atom. The molecule has 112 valence electrons. The van der Waals surface area contributed by atoms with Crippen molar-refractivity contribution in [3.8, 4) is 0 Å². The van der Waals surface area contributed by atoms with Crippen molar-refractivity contribution in [1.82, 2.24) is 5.32 Å². The molecule has 0 aliphatic heterocycles. The number of benzene rings is 1. The molecule has 0 radical (unpaired) electrons. The molecule has 0 saturated carbocycles. The van der Waals surface area contributed by atoms with E-state index in [1.165, 1.54) is 6.08 Å². The smallest absolute Gasteiger partial charge is 0.251 e. The number of aryl methyl sites for hydroxylation is 1. The van der Waals surface area contributed by atoms with Gasteiger partial charge in [0, 0.05) is 23.4 Å². The van der Waals surface area contributed by atoms with Crippen LogP contribution in [-0.2, 0) is 4.79 Å². The van der Waals surface area contributed by atoms with Gasteiger partial charge in [0.15, 0.2) is 0 Å². The molecule has 1 aromatic carbocycles. The summed E-state index contributed by atoms with van der Waals surface area (Å²) in [5.74, 6) is -0.366. The molecule has 21 heavy (non-hydrogen) atoms. The average Bonchev–Trinajstić information content (AvgIpc) is 2.40. The van der Waals surface area contributed by atoms with Crippen LogP contribution in [0.2, 0.25) is 0 Å². The van der Waals surface area contributed by atoms with Crippen molar-refractivity contribution in [3.63, 3.8) is 0 Å². The first-order valence-corrected chi connectivity index (χ1v) is 6.96. The molecule has 0 spiro atoms. The maximum absolute atomic E-state index is 12.1. The highest BCUT2D eigenvalue weighted by Gasteiger charge is 2.11. The third-order valence-corrected chi connectivity index (χ3v) is 2.72. The van der Waals surface area contributed by atoms with Gasteiger partial charge in [0.25, 0.3) is 5.91 Å². The second-order valence-electron chi connectivity index (χ2n) is 5.03. The van der Waals surface area contributed by atoms with E-state index in [1.807, 2.05) is 39.8 Å². The highest BCUT2D eigenvalue weighted by atomic mass is 16.2. The number of carbonyl (C=O) groups is 2. The van der Waals surface area contributed by atoms with Crippen LogP contribution in [0, 0.1) is 6.92 Å². The second-order valence-corrected chi connectivity index (χ2v) is 5.03. The number of hydrogen-bond acceptors (Lipinski definition) is 2. The van der Waals surface area contributed by atoms with E-state index in [1.54, 1.807) is 24.3 Å². The van der Waals surface area contributed by atoms with Crippen molar-refractivity contribution in [2.45, 2.75) is 33.7 Å². The minimum absolute atomic E-state index is 0.0684. The number of nitrogens with one attached hydrogen (secondary N) is 2. The SMILES string of the molecule is C/C=C/C=C/C(=O)Nc1ccc(C)c(C(=O)NC(C)C)c1. The van der Waals surface area contributed by atoms with Gasteiger partial charge < -0.3 is 10.6 Å². The Kier molecular flexibility index (Phi) is 6.40. The predicted molar refractivity (Wildman–Crippen MR) is 86.4 cm³/mol. The molecule has 1 aromatic rings. The fourth-order valence-electron chi connectivity index (χ4n) is 1.72. The summed E-state index contributed by atoms with van der Waals surface area (Å²) in [6.07, 6.45) is 6.71. The standard InChI is InChI=1S/C17H22N2O2/c1-5-6-7-8-16(20)19-14-10-9-13(4)15(11-14)17(21)18-12(2)3/h5-12H,1-4H3,(H,18,21)(H,19,20)/b6-5+,8-7+. The van der Waals surface area contributed by atoms with E-state index in [0.717, 1.165) is 5.56 Å². The number of hydrogen-bond donors (Lipinski definition) is 2. The Labute approximate surface area is 125 Å². The number of allylic oxidation sites excluding steroid dienone is 3. The summed E-state index contributed by atoms with van der Waals surface area (Å²) in [6.45, 7) is 7.56. The Balaban J connectivity index is 2.86. The topological polar surface area (TPSA) is 58.2 Å². The third kappa shape index (κ3) is 5.65. The maximum Gasteiger partial charge on any atom is 0.251 e. The molecule has 0 saturated heterocycles. The van der Waals surface area contributed by atoms with Gasteiger partial charge in [-0.2, -0.15) is 0 Å². The van der Waals surface area contributed by atoms with Gasteiger partial charge in [-0.15, -0.1) is 0 Å². The first-order chi connectivity index (χ1) is 9.93. The quantitative estimate of drug-likeness (QED) is 0.645. The van der Waals surface area contributed by atoms with Gasteiger partial charge in [-0.3, -0.25) is 9.59 Å². The van der Waals surface area contributed by atoms with Gasteiger partial charge in [0.1, 0.15) is 0 Å². The van der Waals surface area contributed by atoms with Gasteiger partial charge >= 0.3 is 0 Å². The normalized spacial score (nSPS) is 11.3. The van der Waals surface area contributed by atoms with Crippen LogP contribution in [0.5, 0.6) is 0 Å². The van der Waals surface area contributed by atoms with Gasteiger partial charge in [0.2, 0.25) is 5.91 Å². The van der Waals surface area contributed by atoms with Crippen LogP contribution >= 0.6 is 0 Å². The summed E-state index contributed by atoms with van der Waals surface area (Å²) >= 11 is 0. The lowest BCUT2D eigenvalue weighted by atomic mass is 10.1. The molecule has 1 rings (SSSR count). The van der Waals surface area contributed by atoms with Gasteiger partial charge in [-0.05, 0) is 45.4 Å². The summed E-state index contributed by atoms with van der Waals surface area (Å²) in [6, 6.07) is 5.36. The zero-order chi connectivity index (χ0) is 15.8. The first kappa shape index (κ1) is 16.7. The Morgan fingerprint density at radius 2 is 1.90 bits per heavy atom. The second kappa shape index (κ2) is 8.04. The fourth-order valence-corrected chi connectivity index (χ4v) is 1.72. The van der Waals surface area contributed by atoms with E-state index in [9.17, 15) is 9.59 Å². The number of carbonyl (C=O) groups excluding carboxylic acids is 2. The predicted octanol–water partition coefficient (Wildman–Crippen LogP) is 3.20. The zero-order valence-corrected chi connectivity index (χ0v) is 12.9. The Morgan fingerprint density at radius 1 is 1.19 bits per heavy atom. The van der Waals surface area contributed by atoms with E-state index >= 15 is 0 Å². The largest absolute Gasteiger partial charge is 0.350 e. The van der Waals surface area contributed by atoms with Gasteiger partial charge in [0.05, 0.1) is 0 Å². The van der Waals surface area contributed by atoms with Crippen LogP contribution in [0.4, 0.5) is 5.69 Å². The van der Waals surface area contributed by atoms with Crippen LogP contribution in [-0.4, -0.2) is 17.9 Å². The number of anilines is 1. The highest BCUT2D eigenvalue weighted by Crippen LogP contribution is 2.15. The molecule has 0 aliphatic carbocycles. The monoisotopic (exact) mass is 286 g/mol. The van der Waals surface area contributed by atoms with Crippen LogP contribution in [0.1, 0.15) is 36.7 Å². The van der Waals surface area contributed by atoms with E-state index in [4.69, 9.17) is 0 Å². The molecule has 0 atom stereocenters. The lowest BCUT2D eigenvalue weighted by molar-refractivity contribution is -0.111. The number of rotatable bonds is 5. The number of amides is 2. The minimum atomic E-state index is -0.229. The molecular weight excluding hydrogens is 264 g/mol. The maximum atomic E-state index is 12.1. The summed E-state index contributed by atoms with van der Waals surface area (Å²) in [5, 5.41) is 5.58. The molecule has 0 fully saturated rings. The summed E-state index contributed by atoms with van der Waals surface area (Å²) in [4.78, 5) is 23.8. The van der Waals surface area contributed by atoms with Gasteiger partial charge in [-0.25, -0.2) is 0 Å². The van der Waals surface area contributed by atoms with E-state index in [0.29, 0.717) is 11.3 Å². The van der Waals surface area contributed by atoms with Crippen molar-refractivity contribution in [3.05, 3.63) is 53.6 Å². The molecule has 2 N–H and O–H groups in total. The van der Waals surface area contributed by atoms with Gasteiger partial charge in [-0.1, -0.05) is 24.3 Å². The van der Waals surface area contributed by atoms with Crippen LogP contribution in [0.25, 0.3) is 0 Å². The molecule has 0 heterocycles. The molecule has 2 amide bonds. The van der Waals surface area contributed by atoms with Crippen molar-refractivity contribution >= 4 is 17.5 Å². The Bertz CT molecular complexity index is 572. The zero-order valence-electron chi connectivity index (χ0n) is 12.9. The lowest BCUT2D eigenvalue weighted by Crippen LogP contribution is -2.30. The summed E-state index contributed by atoms with van der Waals surface area (Å²) in [7, 11) is 0. The molecule has 0 unspecified atom stereocenters. The fraction of sp³-hybridized carbons (Fsp3) is 0.294. The summed E-state index contributed by atoms with van der Waals surface area (Å²) in [5.41, 5.74) is 2.04. The molecule has 0 aromatic heterocycles. The molecule has 4 nitrogen and oxygen atoms in total. The summed E-state index contributed by atoms with van der Waals surface area (Å²) < 4.78 is 0. The highest BCUT2D eigenvalue weighted by molar-refractivity contribution is 6.01. The lowest BCUT2D eigenvalue weighted by Gasteiger charge is -2.12. The van der Waals surface area contributed by atoms with Crippen LogP contribution < -0.4 is 10.6 Å². The minimum Gasteiger partial charge on any atom is -0.350 e. The van der Waals surface area contributed by atoms with Crippen LogP contribution in [0.3, 0.4) is 0 Å². The van der Waals surface area contributed by atoms with Crippen LogP contribution in [0.15, 0.2) is 42.5 Å². The van der Waals surface area contributed by atoms with Crippen molar-refractivity contribution < 1.29 is 9.59 Å². The van der Waals surface area contributed by atoms with Crippen molar-refractivity contribution in [2.75, 3.05) is 5.32 Å². The van der Waals surface area contributed by atoms with Crippen molar-refractivity contribution in [1.29, 1.82) is 0 Å². The first-order valence-electron chi connectivity index (χ1n) is 6.96. The van der Waals surface area contributed by atoms with Crippen molar-refractivity contribution in [2.24, 2.45) is 0 Å². The third-order valence-electron chi connectivity index (χ3n) is 2.72. The Hall–Kier alpha value is -2.36. The van der Waals surface area contributed by atoms with E-state index in [2.05, 4.69) is 10.6 Å². The van der Waals surface area contributed by atoms with E-state index in [-0.39, 0.29) is 17.9 Å². The molecule has 0 bridgehead atoms. The molecule has 4 heteroatoms. The van der Waals surface area contributed by atoms with E-state index < -0.39 is 0 Å². The average molecular weight is 286 g/mol. The molecule has 0 aliphatic rings. The molecular formula is C17H22N2O2.